The Bertz CT molecular complexity index is 528. The molecule has 0 amide bonds. The third kappa shape index (κ3) is 1.16. The standard InChI is InChI=1S/C12H12N2O/c1-14-7-9-5-8-3-4-10(15-2)6-11(8)12(9)13-14/h3-4,6-7H,5H2,1-2H3. The summed E-state index contributed by atoms with van der Waals surface area (Å²) in [5.74, 6) is 0.896. The molecule has 3 heteroatoms. The minimum absolute atomic E-state index is 0.896. The van der Waals surface area contributed by atoms with Gasteiger partial charge in [-0.3, -0.25) is 4.68 Å². The highest BCUT2D eigenvalue weighted by Gasteiger charge is 2.21. The SMILES string of the molecule is COc1ccc2c(c1)-c1nn(C)cc1C2. The molecule has 76 valence electrons. The van der Waals surface area contributed by atoms with E-state index in [2.05, 4.69) is 23.4 Å². The van der Waals surface area contributed by atoms with E-state index in [9.17, 15) is 0 Å². The molecule has 0 atom stereocenters. The van der Waals surface area contributed by atoms with Crippen molar-refractivity contribution < 1.29 is 4.74 Å². The van der Waals surface area contributed by atoms with Crippen molar-refractivity contribution in [1.29, 1.82) is 0 Å². The summed E-state index contributed by atoms with van der Waals surface area (Å²) in [7, 11) is 3.65. The van der Waals surface area contributed by atoms with Gasteiger partial charge in [-0.15, -0.1) is 0 Å². The Hall–Kier alpha value is -1.77. The third-order valence-electron chi connectivity index (χ3n) is 2.86. The summed E-state index contributed by atoms with van der Waals surface area (Å²) in [6.45, 7) is 0. The third-order valence-corrected chi connectivity index (χ3v) is 2.86. The summed E-state index contributed by atoms with van der Waals surface area (Å²) >= 11 is 0. The predicted molar refractivity (Wildman–Crippen MR) is 58.0 cm³/mol. The van der Waals surface area contributed by atoms with Crippen molar-refractivity contribution in [2.45, 2.75) is 6.42 Å². The maximum absolute atomic E-state index is 5.23. The number of benzene rings is 1. The van der Waals surface area contributed by atoms with Gasteiger partial charge in [-0.1, -0.05) is 6.07 Å². The molecule has 0 saturated carbocycles. The van der Waals surface area contributed by atoms with Gasteiger partial charge in [0.1, 0.15) is 5.75 Å². The van der Waals surface area contributed by atoms with E-state index in [1.807, 2.05) is 17.8 Å². The number of hydrogen-bond donors (Lipinski definition) is 0. The first-order valence-electron chi connectivity index (χ1n) is 4.98. The molecule has 0 bridgehead atoms. The molecule has 1 aromatic heterocycles. The van der Waals surface area contributed by atoms with Gasteiger partial charge >= 0.3 is 0 Å². The fourth-order valence-electron chi connectivity index (χ4n) is 2.16. The van der Waals surface area contributed by atoms with Crippen molar-refractivity contribution in [2.24, 2.45) is 7.05 Å². The average molecular weight is 200 g/mol. The predicted octanol–water partition coefficient (Wildman–Crippen LogP) is 2.00. The zero-order valence-electron chi connectivity index (χ0n) is 8.82. The van der Waals surface area contributed by atoms with Crippen LogP contribution in [0.15, 0.2) is 24.4 Å². The first-order chi connectivity index (χ1) is 7.28. The van der Waals surface area contributed by atoms with Gasteiger partial charge in [0, 0.05) is 30.8 Å². The van der Waals surface area contributed by atoms with E-state index in [0.717, 1.165) is 17.9 Å². The van der Waals surface area contributed by atoms with E-state index in [1.165, 1.54) is 16.7 Å². The van der Waals surface area contributed by atoms with E-state index in [1.54, 1.807) is 7.11 Å². The normalized spacial score (nSPS) is 12.4. The van der Waals surface area contributed by atoms with Crippen LogP contribution < -0.4 is 4.74 Å². The molecule has 3 nitrogen and oxygen atoms in total. The Morgan fingerprint density at radius 2 is 2.20 bits per heavy atom. The second kappa shape index (κ2) is 2.86. The largest absolute Gasteiger partial charge is 0.497 e. The lowest BCUT2D eigenvalue weighted by Gasteiger charge is -2.03. The maximum Gasteiger partial charge on any atom is 0.119 e. The Morgan fingerprint density at radius 1 is 1.33 bits per heavy atom. The van der Waals surface area contributed by atoms with E-state index >= 15 is 0 Å². The molecule has 1 aliphatic carbocycles. The molecule has 1 heterocycles. The van der Waals surface area contributed by atoms with Crippen LogP contribution in [0.4, 0.5) is 0 Å². The monoisotopic (exact) mass is 200 g/mol. The van der Waals surface area contributed by atoms with Gasteiger partial charge in [0.05, 0.1) is 12.8 Å². The van der Waals surface area contributed by atoms with Crippen LogP contribution in [0.2, 0.25) is 0 Å². The van der Waals surface area contributed by atoms with Gasteiger partial charge in [0.25, 0.3) is 0 Å². The highest BCUT2D eigenvalue weighted by atomic mass is 16.5. The van der Waals surface area contributed by atoms with Crippen molar-refractivity contribution in [3.8, 4) is 17.0 Å². The first-order valence-corrected chi connectivity index (χ1v) is 4.98. The van der Waals surface area contributed by atoms with Crippen LogP contribution in [0.3, 0.4) is 0 Å². The van der Waals surface area contributed by atoms with Crippen molar-refractivity contribution in [1.82, 2.24) is 9.78 Å². The molecule has 0 saturated heterocycles. The highest BCUT2D eigenvalue weighted by molar-refractivity contribution is 5.74. The van der Waals surface area contributed by atoms with Crippen LogP contribution >= 0.6 is 0 Å². The zero-order valence-corrected chi connectivity index (χ0v) is 8.82. The van der Waals surface area contributed by atoms with Gasteiger partial charge in [-0.05, 0) is 17.7 Å². The fraction of sp³-hybridized carbons (Fsp3) is 0.250. The smallest absolute Gasteiger partial charge is 0.119 e. The van der Waals surface area contributed by atoms with Gasteiger partial charge < -0.3 is 4.74 Å². The Labute approximate surface area is 88.3 Å². The van der Waals surface area contributed by atoms with Gasteiger partial charge in [-0.2, -0.15) is 5.10 Å². The minimum Gasteiger partial charge on any atom is -0.497 e. The number of aryl methyl sites for hydroxylation is 1. The second-order valence-corrected chi connectivity index (χ2v) is 3.88. The van der Waals surface area contributed by atoms with Crippen LogP contribution in [0, 0.1) is 0 Å². The Kier molecular flexibility index (Phi) is 1.63. The summed E-state index contributed by atoms with van der Waals surface area (Å²) in [6, 6.07) is 6.19. The van der Waals surface area contributed by atoms with Crippen LogP contribution in [0.1, 0.15) is 11.1 Å². The molecule has 2 aromatic rings. The number of fused-ring (bicyclic) bond motifs is 3. The molecular formula is C12H12N2O. The second-order valence-electron chi connectivity index (χ2n) is 3.88. The summed E-state index contributed by atoms with van der Waals surface area (Å²) < 4.78 is 7.09. The van der Waals surface area contributed by atoms with Crippen LogP contribution in [-0.2, 0) is 13.5 Å². The van der Waals surface area contributed by atoms with Crippen molar-refractivity contribution in [3.63, 3.8) is 0 Å². The summed E-state index contributed by atoms with van der Waals surface area (Å²) in [5.41, 5.74) is 4.96. The number of hydrogen-bond acceptors (Lipinski definition) is 2. The topological polar surface area (TPSA) is 27.1 Å². The Morgan fingerprint density at radius 3 is 3.00 bits per heavy atom. The lowest BCUT2D eigenvalue weighted by Crippen LogP contribution is -1.91. The van der Waals surface area contributed by atoms with E-state index < -0.39 is 0 Å². The van der Waals surface area contributed by atoms with E-state index in [-0.39, 0.29) is 0 Å². The van der Waals surface area contributed by atoms with Crippen molar-refractivity contribution in [2.75, 3.05) is 7.11 Å². The highest BCUT2D eigenvalue weighted by Crippen LogP contribution is 2.37. The number of rotatable bonds is 1. The van der Waals surface area contributed by atoms with Crippen LogP contribution in [0.5, 0.6) is 5.75 Å². The molecule has 0 aliphatic heterocycles. The number of ether oxygens (including phenoxy) is 1. The summed E-state index contributed by atoms with van der Waals surface area (Å²) in [6.07, 6.45) is 3.07. The molecule has 0 unspecified atom stereocenters. The fourth-order valence-corrected chi connectivity index (χ4v) is 2.16. The molecule has 0 fully saturated rings. The number of methoxy groups -OCH3 is 1. The minimum atomic E-state index is 0.896. The molecule has 0 spiro atoms. The molecule has 15 heavy (non-hydrogen) atoms. The zero-order chi connectivity index (χ0) is 10.4. The molecule has 0 N–H and O–H groups in total. The molecule has 1 aromatic carbocycles. The first kappa shape index (κ1) is 8.53. The quantitative estimate of drug-likeness (QED) is 0.600. The lowest BCUT2D eigenvalue weighted by molar-refractivity contribution is 0.415. The lowest BCUT2D eigenvalue weighted by atomic mass is 10.1. The molecule has 0 radical (unpaired) electrons. The number of aromatic nitrogens is 2. The van der Waals surface area contributed by atoms with E-state index in [4.69, 9.17) is 4.74 Å². The van der Waals surface area contributed by atoms with Crippen LogP contribution in [0.25, 0.3) is 11.3 Å². The number of nitrogens with zero attached hydrogens (tertiary/aromatic N) is 2. The van der Waals surface area contributed by atoms with E-state index in [0.29, 0.717) is 0 Å². The Balaban J connectivity index is 2.20. The van der Waals surface area contributed by atoms with Gasteiger partial charge in [-0.25, -0.2) is 0 Å². The molecule has 3 rings (SSSR count). The van der Waals surface area contributed by atoms with Gasteiger partial charge in [0.15, 0.2) is 0 Å². The maximum atomic E-state index is 5.23. The van der Waals surface area contributed by atoms with Gasteiger partial charge in [0.2, 0.25) is 0 Å². The van der Waals surface area contributed by atoms with Crippen molar-refractivity contribution >= 4 is 0 Å². The summed E-state index contributed by atoms with van der Waals surface area (Å²) in [5, 5.41) is 4.47. The molecular weight excluding hydrogens is 188 g/mol. The molecule has 1 aliphatic rings. The van der Waals surface area contributed by atoms with Crippen molar-refractivity contribution in [3.05, 3.63) is 35.5 Å². The van der Waals surface area contributed by atoms with Crippen LogP contribution in [-0.4, -0.2) is 16.9 Å². The summed E-state index contributed by atoms with van der Waals surface area (Å²) in [4.78, 5) is 0. The average Bonchev–Trinajstić information content (AvgIpc) is 2.73.